The number of rotatable bonds is 8. The lowest BCUT2D eigenvalue weighted by molar-refractivity contribution is -0.274. The van der Waals surface area contributed by atoms with Gasteiger partial charge in [0.1, 0.15) is 11.6 Å². The van der Waals surface area contributed by atoms with Crippen molar-refractivity contribution in [3.63, 3.8) is 0 Å². The molecule has 250 valence electrons. The molecule has 0 saturated carbocycles. The van der Waals surface area contributed by atoms with Crippen LogP contribution in [0.25, 0.3) is 5.69 Å². The third kappa shape index (κ3) is 8.72. The molecule has 1 aliphatic heterocycles. The van der Waals surface area contributed by atoms with Gasteiger partial charge in [-0.2, -0.15) is 9.40 Å². The minimum absolute atomic E-state index is 0.0842. The van der Waals surface area contributed by atoms with Gasteiger partial charge in [-0.1, -0.05) is 50.6 Å². The molecule has 0 bridgehead atoms. The number of alkyl halides is 3. The maximum Gasteiger partial charge on any atom is 0.573 e. The number of sulfonamides is 1. The smallest absolute Gasteiger partial charge is 0.406 e. The molecular weight excluding hydrogens is 631 g/mol. The molecule has 0 unspecified atom stereocenters. The number of amides is 2. The molecule has 3 aromatic carbocycles. The Morgan fingerprint density at radius 3 is 2.21 bits per heavy atom. The highest BCUT2D eigenvalue weighted by atomic mass is 32.2. The van der Waals surface area contributed by atoms with Crippen LogP contribution in [0.3, 0.4) is 0 Å². The predicted octanol–water partition coefficient (Wildman–Crippen LogP) is 7.66. The zero-order chi connectivity index (χ0) is 34.0. The largest absolute Gasteiger partial charge is 0.573 e. The quantitative estimate of drug-likeness (QED) is 0.200. The summed E-state index contributed by atoms with van der Waals surface area (Å²) in [5.74, 6) is 0.278. The second kappa shape index (κ2) is 13.4. The van der Waals surface area contributed by atoms with Gasteiger partial charge in [-0.15, -0.1) is 13.2 Å². The van der Waals surface area contributed by atoms with Crippen LogP contribution in [-0.2, 0) is 21.9 Å². The van der Waals surface area contributed by atoms with E-state index in [0.29, 0.717) is 43.9 Å². The first kappa shape index (κ1) is 34.0. The van der Waals surface area contributed by atoms with E-state index in [1.165, 1.54) is 4.31 Å². The Labute approximate surface area is 272 Å². The molecule has 1 aromatic heterocycles. The van der Waals surface area contributed by atoms with Gasteiger partial charge in [-0.3, -0.25) is 5.32 Å². The van der Waals surface area contributed by atoms with Crippen LogP contribution in [0.5, 0.6) is 5.75 Å². The molecule has 1 fully saturated rings. The summed E-state index contributed by atoms with van der Waals surface area (Å²) in [6.07, 6.45) is -2.92. The molecule has 1 aliphatic rings. The fourth-order valence-corrected chi connectivity index (χ4v) is 6.89. The van der Waals surface area contributed by atoms with Gasteiger partial charge >= 0.3 is 12.4 Å². The number of halogens is 3. The molecule has 13 heteroatoms. The van der Waals surface area contributed by atoms with Crippen LogP contribution < -0.4 is 15.4 Å². The van der Waals surface area contributed by atoms with Crippen molar-refractivity contribution in [1.29, 1.82) is 0 Å². The van der Waals surface area contributed by atoms with Crippen molar-refractivity contribution in [2.24, 2.45) is 5.92 Å². The third-order valence-corrected chi connectivity index (χ3v) is 9.89. The monoisotopic (exact) mass is 669 g/mol. The molecule has 0 radical (unpaired) electrons. The number of urea groups is 1. The summed E-state index contributed by atoms with van der Waals surface area (Å²) in [7, 11) is -3.86. The first-order chi connectivity index (χ1) is 22.1. The number of anilines is 2. The van der Waals surface area contributed by atoms with Gasteiger partial charge in [0.25, 0.3) is 0 Å². The average Bonchev–Trinajstić information content (AvgIpc) is 3.42. The van der Waals surface area contributed by atoms with E-state index in [4.69, 9.17) is 5.10 Å². The molecular formula is C34H38F3N5O4S. The van der Waals surface area contributed by atoms with Crippen molar-refractivity contribution in [2.45, 2.75) is 63.6 Å². The van der Waals surface area contributed by atoms with Gasteiger partial charge < -0.3 is 10.1 Å². The molecule has 9 nitrogen and oxygen atoms in total. The minimum atomic E-state index is -4.85. The Bertz CT molecular complexity index is 1810. The number of ether oxygens (including phenoxy) is 1. The van der Waals surface area contributed by atoms with Crippen molar-refractivity contribution in [1.82, 2.24) is 14.1 Å². The van der Waals surface area contributed by atoms with E-state index in [1.807, 2.05) is 55.5 Å². The maximum absolute atomic E-state index is 13.1. The second-order valence-electron chi connectivity index (χ2n) is 12.8. The van der Waals surface area contributed by atoms with E-state index >= 15 is 0 Å². The van der Waals surface area contributed by atoms with Crippen LogP contribution >= 0.6 is 0 Å². The minimum Gasteiger partial charge on any atom is -0.406 e. The fraction of sp³-hybridized carbons (Fsp3) is 0.353. The number of piperidine rings is 1. The molecule has 2 heterocycles. The molecule has 2 amide bonds. The van der Waals surface area contributed by atoms with E-state index in [0.717, 1.165) is 46.8 Å². The maximum atomic E-state index is 13.1. The molecule has 4 aromatic rings. The SMILES string of the molecule is Cc1ccc(-n2nc(C(C)(C)C)cc2NC(=O)Nc2cccc(CC3CCN(S(=O)(=O)c4ccc(OC(F)(F)F)cc4)CC3)c2)cc1. The Morgan fingerprint density at radius 2 is 1.60 bits per heavy atom. The zero-order valence-electron chi connectivity index (χ0n) is 26.6. The molecule has 47 heavy (non-hydrogen) atoms. The second-order valence-corrected chi connectivity index (χ2v) is 14.7. The lowest BCUT2D eigenvalue weighted by Crippen LogP contribution is -2.38. The van der Waals surface area contributed by atoms with Crippen LogP contribution in [0.4, 0.5) is 29.5 Å². The Morgan fingerprint density at radius 1 is 0.936 bits per heavy atom. The van der Waals surface area contributed by atoms with Gasteiger partial charge in [0.2, 0.25) is 10.0 Å². The predicted molar refractivity (Wildman–Crippen MR) is 174 cm³/mol. The summed E-state index contributed by atoms with van der Waals surface area (Å²) in [4.78, 5) is 13.0. The number of benzene rings is 3. The van der Waals surface area contributed by atoms with Crippen molar-refractivity contribution < 1.29 is 31.1 Å². The van der Waals surface area contributed by atoms with Crippen LogP contribution in [0.1, 0.15) is 50.4 Å². The molecule has 2 N–H and O–H groups in total. The van der Waals surface area contributed by atoms with Gasteiger partial charge in [0, 0.05) is 30.3 Å². The number of aromatic nitrogens is 2. The number of carbonyl (C=O) groups is 1. The van der Waals surface area contributed by atoms with Crippen LogP contribution in [0.15, 0.2) is 83.8 Å². The van der Waals surface area contributed by atoms with E-state index in [9.17, 15) is 26.4 Å². The molecule has 0 atom stereocenters. The highest BCUT2D eigenvalue weighted by Crippen LogP contribution is 2.30. The first-order valence-corrected chi connectivity index (χ1v) is 16.7. The number of hydrogen-bond acceptors (Lipinski definition) is 5. The Kier molecular flexibility index (Phi) is 9.69. The van der Waals surface area contributed by atoms with Crippen LogP contribution in [0.2, 0.25) is 0 Å². The van der Waals surface area contributed by atoms with Crippen molar-refractivity contribution in [3.8, 4) is 11.4 Å². The molecule has 5 rings (SSSR count). The summed E-state index contributed by atoms with van der Waals surface area (Å²) < 4.78 is 70.5. The summed E-state index contributed by atoms with van der Waals surface area (Å²) >= 11 is 0. The highest BCUT2D eigenvalue weighted by Gasteiger charge is 2.32. The lowest BCUT2D eigenvalue weighted by atomic mass is 9.91. The van der Waals surface area contributed by atoms with Crippen molar-refractivity contribution in [3.05, 3.63) is 95.7 Å². The lowest BCUT2D eigenvalue weighted by Gasteiger charge is -2.31. The van der Waals surface area contributed by atoms with Gasteiger partial charge in [-0.25, -0.2) is 17.9 Å². The normalized spacial score (nSPS) is 15.0. The standard InChI is InChI=1S/C34H38F3N5O4S/c1-23-8-10-27(11-9-23)42-31(22-30(40-42)33(2,3)4)39-32(43)38-26-7-5-6-25(21-26)20-24-16-18-41(19-17-24)47(44,45)29-14-12-28(13-15-29)46-34(35,36)37/h5-15,21-22,24H,16-20H2,1-4H3,(H2,38,39,43). The third-order valence-electron chi connectivity index (χ3n) is 7.98. The van der Waals surface area contributed by atoms with E-state index in [1.54, 1.807) is 10.7 Å². The molecule has 0 aliphatic carbocycles. The first-order valence-electron chi connectivity index (χ1n) is 15.3. The van der Waals surface area contributed by atoms with E-state index in [-0.39, 0.29) is 16.2 Å². The summed E-state index contributed by atoms with van der Waals surface area (Å²) in [6, 6.07) is 21.1. The number of hydrogen-bond donors (Lipinski definition) is 2. The highest BCUT2D eigenvalue weighted by molar-refractivity contribution is 7.89. The van der Waals surface area contributed by atoms with Crippen LogP contribution in [-0.4, -0.2) is 48.0 Å². The van der Waals surface area contributed by atoms with Gasteiger partial charge in [0.15, 0.2) is 0 Å². The molecule has 1 saturated heterocycles. The molecule has 0 spiro atoms. The summed E-state index contributed by atoms with van der Waals surface area (Å²) in [6.45, 7) is 8.77. The van der Waals surface area contributed by atoms with E-state index in [2.05, 4.69) is 36.1 Å². The fourth-order valence-electron chi connectivity index (χ4n) is 5.42. The van der Waals surface area contributed by atoms with Gasteiger partial charge in [-0.05, 0) is 86.2 Å². The number of nitrogens with zero attached hydrogens (tertiary/aromatic N) is 3. The topological polar surface area (TPSA) is 106 Å². The Hall–Kier alpha value is -4.36. The summed E-state index contributed by atoms with van der Waals surface area (Å²) in [5.41, 5.74) is 4.18. The average molecular weight is 670 g/mol. The number of aryl methyl sites for hydroxylation is 1. The van der Waals surface area contributed by atoms with Crippen molar-refractivity contribution in [2.75, 3.05) is 23.7 Å². The van der Waals surface area contributed by atoms with E-state index < -0.39 is 28.2 Å². The summed E-state index contributed by atoms with van der Waals surface area (Å²) in [5, 5.41) is 10.6. The number of nitrogens with one attached hydrogen (secondary N) is 2. The van der Waals surface area contributed by atoms with Gasteiger partial charge in [0.05, 0.1) is 16.3 Å². The number of carbonyl (C=O) groups excluding carboxylic acids is 1. The van der Waals surface area contributed by atoms with Crippen molar-refractivity contribution >= 4 is 27.6 Å². The Balaban J connectivity index is 1.18. The zero-order valence-corrected chi connectivity index (χ0v) is 27.5. The van der Waals surface area contributed by atoms with Crippen LogP contribution in [0, 0.1) is 12.8 Å².